The maximum atomic E-state index is 13.0. The zero-order chi connectivity index (χ0) is 24.3. The van der Waals surface area contributed by atoms with Crippen molar-refractivity contribution in [2.24, 2.45) is 11.3 Å². The lowest BCUT2D eigenvalue weighted by atomic mass is 9.67. The van der Waals surface area contributed by atoms with Gasteiger partial charge in [-0.15, -0.1) is 0 Å². The van der Waals surface area contributed by atoms with Crippen LogP contribution in [0.15, 0.2) is 48.5 Å². The summed E-state index contributed by atoms with van der Waals surface area (Å²) in [4.78, 5) is 36.7. The van der Waals surface area contributed by atoms with Gasteiger partial charge in [0.1, 0.15) is 6.61 Å². The van der Waals surface area contributed by atoms with Crippen LogP contribution in [-0.4, -0.2) is 42.3 Å². The zero-order valence-corrected chi connectivity index (χ0v) is 19.7. The molecular formula is C27H32N2O5. The van der Waals surface area contributed by atoms with E-state index in [1.54, 1.807) is 0 Å². The van der Waals surface area contributed by atoms with E-state index < -0.39 is 23.5 Å². The maximum absolute atomic E-state index is 13.0. The van der Waals surface area contributed by atoms with Crippen molar-refractivity contribution < 1.29 is 24.2 Å². The number of ether oxygens (including phenoxy) is 1. The van der Waals surface area contributed by atoms with Crippen molar-refractivity contribution in [3.8, 4) is 11.1 Å². The van der Waals surface area contributed by atoms with Crippen LogP contribution in [0.5, 0.6) is 0 Å². The molecule has 1 fully saturated rings. The predicted molar refractivity (Wildman–Crippen MR) is 128 cm³/mol. The first-order valence-corrected chi connectivity index (χ1v) is 11.9. The van der Waals surface area contributed by atoms with Gasteiger partial charge in [0.25, 0.3) is 0 Å². The number of hydrogen-bond acceptors (Lipinski definition) is 4. The van der Waals surface area contributed by atoms with Crippen LogP contribution in [0, 0.1) is 11.3 Å². The molecule has 0 heterocycles. The first-order valence-electron chi connectivity index (χ1n) is 11.9. The number of hydrogen-bond donors (Lipinski definition) is 3. The first-order chi connectivity index (χ1) is 16.3. The largest absolute Gasteiger partial charge is 0.481 e. The number of carbonyl (C=O) groups is 3. The first kappa shape index (κ1) is 23.8. The summed E-state index contributed by atoms with van der Waals surface area (Å²) in [6.07, 6.45) is 1.53. The molecule has 7 heteroatoms. The normalized spacial score (nSPS) is 16.7. The number of carbonyl (C=O) groups excluding carboxylic acids is 2. The van der Waals surface area contributed by atoms with Crippen LogP contribution < -0.4 is 10.6 Å². The van der Waals surface area contributed by atoms with Crippen molar-refractivity contribution in [2.75, 3.05) is 13.2 Å². The van der Waals surface area contributed by atoms with Crippen molar-refractivity contribution >= 4 is 18.0 Å². The molecule has 4 rings (SSSR count). The van der Waals surface area contributed by atoms with Gasteiger partial charge >= 0.3 is 12.1 Å². The third-order valence-corrected chi connectivity index (χ3v) is 7.22. The fraction of sp³-hybridized carbons (Fsp3) is 0.444. The molecule has 2 amide bonds. The molecule has 0 aromatic heterocycles. The SMILES string of the molecule is CC(C)[C@@H](CC(=O)O)NC(=O)C1(CNC(=O)OCC2c3ccccc3-c3ccccc32)CCC1. The Morgan fingerprint density at radius 1 is 1.03 bits per heavy atom. The second-order valence-electron chi connectivity index (χ2n) is 9.73. The molecule has 2 aliphatic rings. The van der Waals surface area contributed by atoms with Crippen molar-refractivity contribution in [1.29, 1.82) is 0 Å². The lowest BCUT2D eigenvalue weighted by molar-refractivity contribution is -0.140. The average Bonchev–Trinajstić information content (AvgIpc) is 3.10. The van der Waals surface area contributed by atoms with Crippen LogP contribution in [-0.2, 0) is 14.3 Å². The van der Waals surface area contributed by atoms with E-state index in [0.29, 0.717) is 12.8 Å². The van der Waals surface area contributed by atoms with E-state index in [4.69, 9.17) is 9.84 Å². The molecule has 2 aliphatic carbocycles. The molecule has 2 aromatic rings. The average molecular weight is 465 g/mol. The number of aliphatic carboxylic acids is 1. The van der Waals surface area contributed by atoms with Gasteiger partial charge < -0.3 is 20.5 Å². The minimum atomic E-state index is -0.946. The number of carboxylic acids is 1. The standard InChI is InChI=1S/C27H32N2O5/c1-17(2)23(14-24(30)31)29-25(32)27(12-7-13-27)16-28-26(33)34-15-22-20-10-5-3-8-18(20)19-9-4-6-11-21(19)22/h3-6,8-11,17,22-23H,7,12-16H2,1-2H3,(H,28,33)(H,29,32)(H,30,31)/t23-/m1/s1. The summed E-state index contributed by atoms with van der Waals surface area (Å²) in [6.45, 7) is 4.16. The maximum Gasteiger partial charge on any atom is 0.407 e. The Hall–Kier alpha value is -3.35. The van der Waals surface area contributed by atoms with E-state index in [1.807, 2.05) is 38.1 Å². The summed E-state index contributed by atoms with van der Waals surface area (Å²) in [5.74, 6) is -1.18. The number of amides is 2. The monoisotopic (exact) mass is 464 g/mol. The van der Waals surface area contributed by atoms with Gasteiger partial charge in [-0.05, 0) is 41.0 Å². The van der Waals surface area contributed by atoms with E-state index >= 15 is 0 Å². The van der Waals surface area contributed by atoms with Gasteiger partial charge in [0.15, 0.2) is 0 Å². The van der Waals surface area contributed by atoms with Gasteiger partial charge in [0.05, 0.1) is 11.8 Å². The molecular weight excluding hydrogens is 432 g/mol. The summed E-state index contributed by atoms with van der Waals surface area (Å²) in [7, 11) is 0. The number of nitrogens with one attached hydrogen (secondary N) is 2. The van der Waals surface area contributed by atoms with Gasteiger partial charge in [0.2, 0.25) is 5.91 Å². The minimum Gasteiger partial charge on any atom is -0.481 e. The van der Waals surface area contributed by atoms with Gasteiger partial charge in [-0.3, -0.25) is 9.59 Å². The summed E-state index contributed by atoms with van der Waals surface area (Å²) >= 11 is 0. The van der Waals surface area contributed by atoms with E-state index in [1.165, 1.54) is 11.1 Å². The summed E-state index contributed by atoms with van der Waals surface area (Å²) in [5.41, 5.74) is 3.91. The Morgan fingerprint density at radius 3 is 2.12 bits per heavy atom. The highest BCUT2D eigenvalue weighted by molar-refractivity contribution is 5.85. The van der Waals surface area contributed by atoms with Crippen LogP contribution in [0.4, 0.5) is 4.79 Å². The quantitative estimate of drug-likeness (QED) is 0.513. The van der Waals surface area contributed by atoms with E-state index in [9.17, 15) is 14.4 Å². The molecule has 1 saturated carbocycles. The second-order valence-corrected chi connectivity index (χ2v) is 9.73. The molecule has 3 N–H and O–H groups in total. The molecule has 7 nitrogen and oxygen atoms in total. The number of benzene rings is 2. The highest BCUT2D eigenvalue weighted by Gasteiger charge is 2.45. The van der Waals surface area contributed by atoms with Crippen molar-refractivity contribution in [2.45, 2.75) is 51.5 Å². The smallest absolute Gasteiger partial charge is 0.407 e. The van der Waals surface area contributed by atoms with Crippen LogP contribution in [0.25, 0.3) is 11.1 Å². The van der Waals surface area contributed by atoms with Crippen molar-refractivity contribution in [3.63, 3.8) is 0 Å². The van der Waals surface area contributed by atoms with Crippen LogP contribution >= 0.6 is 0 Å². The second kappa shape index (κ2) is 9.87. The van der Waals surface area contributed by atoms with Gasteiger partial charge in [-0.2, -0.15) is 0 Å². The third-order valence-electron chi connectivity index (χ3n) is 7.22. The third kappa shape index (κ3) is 4.79. The number of fused-ring (bicyclic) bond motifs is 3. The van der Waals surface area contributed by atoms with Crippen LogP contribution in [0.2, 0.25) is 0 Å². The number of rotatable bonds is 9. The molecule has 0 saturated heterocycles. The Balaban J connectivity index is 1.35. The van der Waals surface area contributed by atoms with Gasteiger partial charge in [-0.25, -0.2) is 4.79 Å². The van der Waals surface area contributed by atoms with Crippen LogP contribution in [0.1, 0.15) is 56.6 Å². The Morgan fingerprint density at radius 2 is 1.62 bits per heavy atom. The zero-order valence-electron chi connectivity index (χ0n) is 19.7. The summed E-state index contributed by atoms with van der Waals surface area (Å²) < 4.78 is 5.60. The Labute approximate surface area is 199 Å². The number of alkyl carbamates (subject to hydrolysis) is 1. The predicted octanol–water partition coefficient (Wildman–Crippen LogP) is 4.31. The molecule has 0 bridgehead atoms. The van der Waals surface area contributed by atoms with Crippen molar-refractivity contribution in [3.05, 3.63) is 59.7 Å². The topological polar surface area (TPSA) is 105 Å². The molecule has 0 aliphatic heterocycles. The molecule has 180 valence electrons. The van der Waals surface area contributed by atoms with E-state index in [2.05, 4.69) is 34.9 Å². The molecule has 0 spiro atoms. The van der Waals surface area contributed by atoms with Gasteiger partial charge in [-0.1, -0.05) is 68.8 Å². The lowest BCUT2D eigenvalue weighted by Crippen LogP contribution is -2.55. The fourth-order valence-electron chi connectivity index (χ4n) is 4.94. The van der Waals surface area contributed by atoms with Crippen molar-refractivity contribution in [1.82, 2.24) is 10.6 Å². The minimum absolute atomic E-state index is 0.00716. The summed E-state index contributed by atoms with van der Waals surface area (Å²) in [6, 6.07) is 15.9. The highest BCUT2D eigenvalue weighted by Crippen LogP contribution is 2.44. The molecule has 2 aromatic carbocycles. The van der Waals surface area contributed by atoms with Gasteiger partial charge in [0, 0.05) is 18.5 Å². The Kier molecular flexibility index (Phi) is 6.91. The van der Waals surface area contributed by atoms with Crippen LogP contribution in [0.3, 0.4) is 0 Å². The Bertz CT molecular complexity index is 1030. The van der Waals surface area contributed by atoms with E-state index in [0.717, 1.165) is 17.5 Å². The fourth-order valence-corrected chi connectivity index (χ4v) is 4.94. The number of carboxylic acid groups (broad SMARTS) is 1. The summed E-state index contributed by atoms with van der Waals surface area (Å²) in [5, 5.41) is 14.8. The lowest BCUT2D eigenvalue weighted by Gasteiger charge is -2.41. The molecule has 0 radical (unpaired) electrons. The molecule has 1 atom stereocenters. The highest BCUT2D eigenvalue weighted by atomic mass is 16.5. The molecule has 0 unspecified atom stereocenters. The molecule has 34 heavy (non-hydrogen) atoms. The van der Waals surface area contributed by atoms with E-state index in [-0.39, 0.29) is 37.3 Å².